The highest BCUT2D eigenvalue weighted by Crippen LogP contribution is 2.21. The van der Waals surface area contributed by atoms with E-state index in [1.165, 1.54) is 6.92 Å². The Kier molecular flexibility index (Phi) is 8.67. The molecule has 0 aliphatic heterocycles. The highest BCUT2D eigenvalue weighted by molar-refractivity contribution is 4.83. The van der Waals surface area contributed by atoms with Crippen LogP contribution in [-0.2, 0) is 0 Å². The Balaban J connectivity index is 4.50. The quantitative estimate of drug-likeness (QED) is 0.288. The summed E-state index contributed by atoms with van der Waals surface area (Å²) in [5.41, 5.74) is 0. The van der Waals surface area contributed by atoms with Gasteiger partial charge in [-0.15, -0.1) is 0 Å². The van der Waals surface area contributed by atoms with Crippen molar-refractivity contribution in [2.24, 2.45) is 5.92 Å². The molecule has 0 aromatic heterocycles. The fourth-order valence-electron chi connectivity index (χ4n) is 1.89. The lowest BCUT2D eigenvalue weighted by Crippen LogP contribution is -2.43. The van der Waals surface area contributed by atoms with Crippen molar-refractivity contribution in [3.8, 4) is 0 Å². The first-order valence-electron chi connectivity index (χ1n) is 5.88. The number of rotatable bonds is 9. The SMILES string of the molecule is CC(O)CC(O)C(C(O)CO)C(O)CCCO. The molecule has 0 aromatic carbocycles. The molecule has 17 heavy (non-hydrogen) atoms. The minimum atomic E-state index is -1.25. The Morgan fingerprint density at radius 3 is 1.88 bits per heavy atom. The molecule has 6 nitrogen and oxygen atoms in total. The largest absolute Gasteiger partial charge is 0.396 e. The average Bonchev–Trinajstić information content (AvgIpc) is 2.25. The molecular weight excluding hydrogens is 228 g/mol. The van der Waals surface area contributed by atoms with Gasteiger partial charge < -0.3 is 30.6 Å². The van der Waals surface area contributed by atoms with Crippen LogP contribution < -0.4 is 0 Å². The Morgan fingerprint density at radius 2 is 1.47 bits per heavy atom. The minimum Gasteiger partial charge on any atom is -0.396 e. The summed E-state index contributed by atoms with van der Waals surface area (Å²) in [6.07, 6.45) is -3.57. The molecule has 0 fully saturated rings. The van der Waals surface area contributed by atoms with E-state index in [0.717, 1.165) is 0 Å². The predicted molar refractivity (Wildman–Crippen MR) is 61.2 cm³/mol. The summed E-state index contributed by atoms with van der Waals surface area (Å²) in [4.78, 5) is 0. The van der Waals surface area contributed by atoms with Gasteiger partial charge >= 0.3 is 0 Å². The van der Waals surface area contributed by atoms with Crippen molar-refractivity contribution in [1.82, 2.24) is 0 Å². The van der Waals surface area contributed by atoms with E-state index in [9.17, 15) is 15.3 Å². The van der Waals surface area contributed by atoms with Crippen LogP contribution in [0.5, 0.6) is 0 Å². The van der Waals surface area contributed by atoms with Gasteiger partial charge in [0.1, 0.15) is 0 Å². The summed E-state index contributed by atoms with van der Waals surface area (Å²) in [6.45, 7) is 0.828. The van der Waals surface area contributed by atoms with Crippen molar-refractivity contribution in [3.63, 3.8) is 0 Å². The summed E-state index contributed by atoms with van der Waals surface area (Å²) in [5.74, 6) is -0.929. The van der Waals surface area contributed by atoms with Crippen LogP contribution in [0.2, 0.25) is 0 Å². The van der Waals surface area contributed by atoms with E-state index in [0.29, 0.717) is 6.42 Å². The van der Waals surface area contributed by atoms with Crippen LogP contribution in [0.25, 0.3) is 0 Å². The highest BCUT2D eigenvalue weighted by atomic mass is 16.3. The summed E-state index contributed by atoms with van der Waals surface area (Å²) >= 11 is 0. The van der Waals surface area contributed by atoms with Gasteiger partial charge in [-0.1, -0.05) is 0 Å². The topological polar surface area (TPSA) is 121 Å². The fraction of sp³-hybridized carbons (Fsp3) is 1.00. The normalized spacial score (nSPS) is 20.6. The van der Waals surface area contributed by atoms with E-state index in [1.807, 2.05) is 0 Å². The summed E-state index contributed by atoms with van der Waals surface area (Å²) in [6, 6.07) is 0. The molecule has 0 radical (unpaired) electrons. The van der Waals surface area contributed by atoms with E-state index in [4.69, 9.17) is 15.3 Å². The van der Waals surface area contributed by atoms with Gasteiger partial charge in [-0.3, -0.25) is 0 Å². The molecule has 6 heteroatoms. The molecular formula is C11H24O6. The monoisotopic (exact) mass is 252 g/mol. The van der Waals surface area contributed by atoms with Gasteiger partial charge in [0.15, 0.2) is 0 Å². The molecule has 0 saturated carbocycles. The maximum atomic E-state index is 9.80. The zero-order chi connectivity index (χ0) is 13.4. The summed E-state index contributed by atoms with van der Waals surface area (Å²) < 4.78 is 0. The molecule has 0 aliphatic rings. The number of hydrogen-bond acceptors (Lipinski definition) is 6. The van der Waals surface area contributed by atoms with Crippen molar-refractivity contribution in [2.45, 2.75) is 50.6 Å². The first kappa shape index (κ1) is 16.8. The Bertz CT molecular complexity index is 187. The lowest BCUT2D eigenvalue weighted by Gasteiger charge is -2.31. The molecule has 0 saturated heterocycles. The number of hydrogen-bond donors (Lipinski definition) is 6. The molecule has 0 amide bonds. The molecule has 0 heterocycles. The molecule has 0 spiro atoms. The second-order valence-electron chi connectivity index (χ2n) is 4.41. The van der Waals surface area contributed by atoms with E-state index in [-0.39, 0.29) is 19.4 Å². The standard InChI is InChI=1S/C11H24O6/c1-7(14)5-9(16)11(10(17)6-13)8(15)3-2-4-12/h7-17H,2-6H2,1H3. The number of aliphatic hydroxyl groups excluding tert-OH is 6. The van der Waals surface area contributed by atoms with E-state index in [1.54, 1.807) is 0 Å². The van der Waals surface area contributed by atoms with Gasteiger partial charge in [-0.25, -0.2) is 0 Å². The minimum absolute atomic E-state index is 0.0118. The molecule has 0 rings (SSSR count). The van der Waals surface area contributed by atoms with Gasteiger partial charge in [-0.05, 0) is 26.2 Å². The van der Waals surface area contributed by atoms with Gasteiger partial charge in [0.2, 0.25) is 0 Å². The molecule has 104 valence electrons. The predicted octanol–water partition coefficient (Wildman–Crippen LogP) is -1.78. The average molecular weight is 252 g/mol. The maximum absolute atomic E-state index is 9.80. The smallest absolute Gasteiger partial charge is 0.0848 e. The van der Waals surface area contributed by atoms with Crippen LogP contribution in [0.3, 0.4) is 0 Å². The highest BCUT2D eigenvalue weighted by Gasteiger charge is 2.33. The third-order valence-corrected chi connectivity index (χ3v) is 2.76. The summed E-state index contributed by atoms with van der Waals surface area (Å²) in [7, 11) is 0. The van der Waals surface area contributed by atoms with Crippen LogP contribution in [0.1, 0.15) is 26.2 Å². The Labute approximate surface area is 101 Å². The van der Waals surface area contributed by atoms with Crippen LogP contribution in [-0.4, -0.2) is 68.3 Å². The Hall–Kier alpha value is -0.240. The van der Waals surface area contributed by atoms with E-state index in [2.05, 4.69) is 0 Å². The van der Waals surface area contributed by atoms with Gasteiger partial charge in [0.25, 0.3) is 0 Å². The second kappa shape index (κ2) is 8.79. The van der Waals surface area contributed by atoms with Crippen molar-refractivity contribution < 1.29 is 30.6 Å². The third-order valence-electron chi connectivity index (χ3n) is 2.76. The van der Waals surface area contributed by atoms with Crippen molar-refractivity contribution in [3.05, 3.63) is 0 Å². The van der Waals surface area contributed by atoms with Crippen LogP contribution in [0.15, 0.2) is 0 Å². The van der Waals surface area contributed by atoms with Crippen molar-refractivity contribution >= 4 is 0 Å². The van der Waals surface area contributed by atoms with Crippen LogP contribution in [0, 0.1) is 5.92 Å². The van der Waals surface area contributed by atoms with Crippen LogP contribution in [0.4, 0.5) is 0 Å². The molecule has 6 N–H and O–H groups in total. The second-order valence-corrected chi connectivity index (χ2v) is 4.41. The fourth-order valence-corrected chi connectivity index (χ4v) is 1.89. The zero-order valence-electron chi connectivity index (χ0n) is 10.1. The molecule has 0 bridgehead atoms. The van der Waals surface area contributed by atoms with E-state index >= 15 is 0 Å². The maximum Gasteiger partial charge on any atom is 0.0848 e. The lowest BCUT2D eigenvalue weighted by atomic mass is 9.85. The Morgan fingerprint density at radius 1 is 0.882 bits per heavy atom. The van der Waals surface area contributed by atoms with Crippen molar-refractivity contribution in [2.75, 3.05) is 13.2 Å². The van der Waals surface area contributed by atoms with Gasteiger partial charge in [-0.2, -0.15) is 0 Å². The molecule has 0 aromatic rings. The molecule has 5 atom stereocenters. The zero-order valence-corrected chi connectivity index (χ0v) is 10.1. The first-order valence-corrected chi connectivity index (χ1v) is 5.88. The first-order chi connectivity index (χ1) is 7.93. The molecule has 0 aliphatic carbocycles. The lowest BCUT2D eigenvalue weighted by molar-refractivity contribution is -0.0865. The molecule has 5 unspecified atom stereocenters. The van der Waals surface area contributed by atoms with Gasteiger partial charge in [0.05, 0.1) is 31.0 Å². The van der Waals surface area contributed by atoms with Gasteiger partial charge in [0, 0.05) is 12.5 Å². The summed E-state index contributed by atoms with van der Waals surface area (Å²) in [5, 5.41) is 55.8. The van der Waals surface area contributed by atoms with E-state index < -0.39 is 36.9 Å². The third kappa shape index (κ3) is 6.30. The van der Waals surface area contributed by atoms with Crippen LogP contribution >= 0.6 is 0 Å². The number of aliphatic hydroxyl groups is 6. The van der Waals surface area contributed by atoms with Crippen molar-refractivity contribution in [1.29, 1.82) is 0 Å².